The third kappa shape index (κ3) is 3.72. The summed E-state index contributed by atoms with van der Waals surface area (Å²) >= 11 is 1.54. The second-order valence-electron chi connectivity index (χ2n) is 7.83. The Balaban J connectivity index is 1.60. The van der Waals surface area contributed by atoms with E-state index in [0.29, 0.717) is 44.1 Å². The van der Waals surface area contributed by atoms with Crippen molar-refractivity contribution >= 4 is 23.3 Å². The van der Waals surface area contributed by atoms with Gasteiger partial charge in [-0.2, -0.15) is 0 Å². The van der Waals surface area contributed by atoms with Crippen molar-refractivity contribution in [3.63, 3.8) is 0 Å². The van der Waals surface area contributed by atoms with Gasteiger partial charge in [0, 0.05) is 43.3 Å². The van der Waals surface area contributed by atoms with Crippen molar-refractivity contribution in [3.8, 4) is 0 Å². The third-order valence-electron chi connectivity index (χ3n) is 5.43. The number of likely N-dealkylation sites (tertiary alicyclic amines) is 1. The summed E-state index contributed by atoms with van der Waals surface area (Å²) in [5.41, 5.74) is 0.109. The van der Waals surface area contributed by atoms with E-state index in [1.807, 2.05) is 15.2 Å². The summed E-state index contributed by atoms with van der Waals surface area (Å²) in [5.74, 6) is 0.323. The lowest BCUT2D eigenvalue weighted by atomic mass is 9.91. The number of hydrogen-bond donors (Lipinski definition) is 0. The lowest BCUT2D eigenvalue weighted by Gasteiger charge is -2.37. The highest BCUT2D eigenvalue weighted by Gasteiger charge is 2.48. The SMILES string of the molecule is CCCC(C)N1CC2(CCN(C(=O)c3csc(C(C)C)n3)CC2)OC1=O. The number of hydrogen-bond acceptors (Lipinski definition) is 5. The van der Waals surface area contributed by atoms with E-state index < -0.39 is 5.60 Å². The number of amides is 2. The first-order valence-electron chi connectivity index (χ1n) is 9.59. The van der Waals surface area contributed by atoms with Gasteiger partial charge >= 0.3 is 6.09 Å². The molecule has 1 spiro atoms. The Morgan fingerprint density at radius 2 is 2.04 bits per heavy atom. The highest BCUT2D eigenvalue weighted by molar-refractivity contribution is 7.09. The lowest BCUT2D eigenvalue weighted by molar-refractivity contribution is 0.00291. The summed E-state index contributed by atoms with van der Waals surface area (Å²) in [6.45, 7) is 10.2. The minimum Gasteiger partial charge on any atom is -0.441 e. The minimum absolute atomic E-state index is 0.0106. The summed E-state index contributed by atoms with van der Waals surface area (Å²) in [4.78, 5) is 33.2. The van der Waals surface area contributed by atoms with E-state index in [1.165, 1.54) is 0 Å². The van der Waals surface area contributed by atoms with Gasteiger partial charge in [-0.15, -0.1) is 11.3 Å². The number of piperidine rings is 1. The maximum absolute atomic E-state index is 12.7. The van der Waals surface area contributed by atoms with Gasteiger partial charge in [-0.25, -0.2) is 9.78 Å². The molecular formula is C19H29N3O3S. The molecule has 26 heavy (non-hydrogen) atoms. The first kappa shape index (κ1) is 19.1. The van der Waals surface area contributed by atoms with Crippen molar-refractivity contribution in [2.24, 2.45) is 0 Å². The average Bonchev–Trinajstić information content (AvgIpc) is 3.21. The van der Waals surface area contributed by atoms with Crippen LogP contribution < -0.4 is 0 Å². The van der Waals surface area contributed by atoms with Gasteiger partial charge in [-0.1, -0.05) is 27.2 Å². The molecule has 2 amide bonds. The first-order valence-corrected chi connectivity index (χ1v) is 10.5. The molecule has 2 aliphatic rings. The topological polar surface area (TPSA) is 62.7 Å². The Morgan fingerprint density at radius 3 is 2.62 bits per heavy atom. The number of ether oxygens (including phenoxy) is 1. The van der Waals surface area contributed by atoms with Gasteiger partial charge in [-0.3, -0.25) is 4.79 Å². The van der Waals surface area contributed by atoms with Gasteiger partial charge in [0.15, 0.2) is 0 Å². The molecule has 2 aliphatic heterocycles. The molecule has 6 nitrogen and oxygen atoms in total. The Hall–Kier alpha value is -1.63. The van der Waals surface area contributed by atoms with Crippen LogP contribution in [0.25, 0.3) is 0 Å². The summed E-state index contributed by atoms with van der Waals surface area (Å²) in [6.07, 6.45) is 3.22. The Kier molecular flexibility index (Phi) is 5.55. The molecule has 0 saturated carbocycles. The van der Waals surface area contributed by atoms with Crippen LogP contribution in [0.3, 0.4) is 0 Å². The minimum atomic E-state index is -0.430. The molecule has 2 fully saturated rings. The fraction of sp³-hybridized carbons (Fsp3) is 0.737. The molecule has 0 bridgehead atoms. The second-order valence-corrected chi connectivity index (χ2v) is 8.72. The standard InChI is InChI=1S/C19H29N3O3S/c1-5-6-14(4)22-12-19(25-18(22)24)7-9-21(10-8-19)17(23)15-11-26-16(20-15)13(2)3/h11,13-14H,5-10,12H2,1-4H3. The molecule has 1 aromatic heterocycles. The van der Waals surface area contributed by atoms with Crippen molar-refractivity contribution in [1.29, 1.82) is 0 Å². The van der Waals surface area contributed by atoms with Gasteiger partial charge in [0.05, 0.1) is 11.6 Å². The summed E-state index contributed by atoms with van der Waals surface area (Å²) in [7, 11) is 0. The molecule has 0 aliphatic carbocycles. The Bertz CT molecular complexity index is 665. The van der Waals surface area contributed by atoms with Crippen LogP contribution in [0.1, 0.15) is 74.8 Å². The fourth-order valence-electron chi connectivity index (χ4n) is 3.75. The van der Waals surface area contributed by atoms with Crippen LogP contribution in [0, 0.1) is 0 Å². The summed E-state index contributed by atoms with van der Waals surface area (Å²) < 4.78 is 5.77. The summed E-state index contributed by atoms with van der Waals surface area (Å²) in [5, 5.41) is 2.85. The maximum atomic E-state index is 12.7. The van der Waals surface area contributed by atoms with E-state index in [0.717, 1.165) is 17.8 Å². The zero-order valence-corrected chi connectivity index (χ0v) is 17.0. The maximum Gasteiger partial charge on any atom is 0.410 e. The fourth-order valence-corrected chi connectivity index (χ4v) is 4.56. The monoisotopic (exact) mass is 379 g/mol. The second kappa shape index (κ2) is 7.55. The number of carbonyl (C=O) groups excluding carboxylic acids is 2. The normalized spacial score (nSPS) is 20.7. The predicted molar refractivity (Wildman–Crippen MR) is 102 cm³/mol. The predicted octanol–water partition coefficient (Wildman–Crippen LogP) is 3.88. The van der Waals surface area contributed by atoms with Crippen molar-refractivity contribution in [2.75, 3.05) is 19.6 Å². The van der Waals surface area contributed by atoms with Gasteiger partial charge in [-0.05, 0) is 13.3 Å². The van der Waals surface area contributed by atoms with Gasteiger partial charge in [0.2, 0.25) is 0 Å². The van der Waals surface area contributed by atoms with Crippen molar-refractivity contribution in [2.45, 2.75) is 70.9 Å². The van der Waals surface area contributed by atoms with Gasteiger partial charge < -0.3 is 14.5 Å². The van der Waals surface area contributed by atoms with E-state index in [-0.39, 0.29) is 18.0 Å². The van der Waals surface area contributed by atoms with Crippen LogP contribution in [0.4, 0.5) is 4.79 Å². The zero-order valence-electron chi connectivity index (χ0n) is 16.2. The largest absolute Gasteiger partial charge is 0.441 e. The van der Waals surface area contributed by atoms with Crippen molar-refractivity contribution in [1.82, 2.24) is 14.8 Å². The number of rotatable bonds is 5. The number of nitrogens with zero attached hydrogens (tertiary/aromatic N) is 3. The van der Waals surface area contributed by atoms with E-state index in [4.69, 9.17) is 4.74 Å². The molecule has 0 aromatic carbocycles. The Labute approximate surface area is 159 Å². The zero-order chi connectivity index (χ0) is 18.9. The van der Waals surface area contributed by atoms with Crippen LogP contribution in [-0.4, -0.2) is 58.1 Å². The van der Waals surface area contributed by atoms with Gasteiger partial charge in [0.1, 0.15) is 11.3 Å². The van der Waals surface area contributed by atoms with Crippen LogP contribution >= 0.6 is 11.3 Å². The van der Waals surface area contributed by atoms with E-state index >= 15 is 0 Å². The van der Waals surface area contributed by atoms with E-state index in [1.54, 1.807) is 11.3 Å². The smallest absolute Gasteiger partial charge is 0.410 e. The number of aromatic nitrogens is 1. The van der Waals surface area contributed by atoms with Crippen LogP contribution in [0.15, 0.2) is 5.38 Å². The molecule has 1 atom stereocenters. The highest BCUT2D eigenvalue weighted by Crippen LogP contribution is 2.35. The molecule has 3 rings (SSSR count). The molecular weight excluding hydrogens is 350 g/mol. The van der Waals surface area contributed by atoms with E-state index in [2.05, 4.69) is 32.7 Å². The average molecular weight is 380 g/mol. The van der Waals surface area contributed by atoms with Crippen molar-refractivity contribution < 1.29 is 14.3 Å². The highest BCUT2D eigenvalue weighted by atomic mass is 32.1. The molecule has 1 aromatic rings. The third-order valence-corrected chi connectivity index (χ3v) is 6.58. The lowest BCUT2D eigenvalue weighted by Crippen LogP contribution is -2.49. The number of thiazole rings is 1. The van der Waals surface area contributed by atoms with Crippen LogP contribution in [-0.2, 0) is 4.74 Å². The van der Waals surface area contributed by atoms with E-state index in [9.17, 15) is 9.59 Å². The molecule has 7 heteroatoms. The molecule has 2 saturated heterocycles. The van der Waals surface area contributed by atoms with Crippen LogP contribution in [0.2, 0.25) is 0 Å². The molecule has 3 heterocycles. The van der Waals surface area contributed by atoms with Crippen molar-refractivity contribution in [3.05, 3.63) is 16.1 Å². The molecule has 0 radical (unpaired) electrons. The molecule has 144 valence electrons. The molecule has 1 unspecified atom stereocenters. The first-order chi connectivity index (χ1) is 12.3. The summed E-state index contributed by atoms with van der Waals surface area (Å²) in [6, 6.07) is 0.205. The van der Waals surface area contributed by atoms with Crippen LogP contribution in [0.5, 0.6) is 0 Å². The number of carbonyl (C=O) groups is 2. The van der Waals surface area contributed by atoms with Gasteiger partial charge in [0.25, 0.3) is 5.91 Å². The Morgan fingerprint density at radius 1 is 1.35 bits per heavy atom. The molecule has 0 N–H and O–H groups in total. The quantitative estimate of drug-likeness (QED) is 0.779.